The molecule has 1 saturated heterocycles. The van der Waals surface area contributed by atoms with E-state index in [-0.39, 0.29) is 24.1 Å². The molecular formula is C20H18N6O3. The van der Waals surface area contributed by atoms with Gasteiger partial charge in [-0.05, 0) is 30.3 Å². The summed E-state index contributed by atoms with van der Waals surface area (Å²) in [7, 11) is 0. The fourth-order valence-corrected chi connectivity index (χ4v) is 3.63. The summed E-state index contributed by atoms with van der Waals surface area (Å²) < 4.78 is 8.52. The number of fused-ring (bicyclic) bond motifs is 1. The molecule has 0 bridgehead atoms. The number of benzene rings is 1. The van der Waals surface area contributed by atoms with Gasteiger partial charge in [0.2, 0.25) is 0 Å². The molecule has 1 aromatic carbocycles. The van der Waals surface area contributed by atoms with Gasteiger partial charge in [0.05, 0.1) is 19.3 Å². The molecule has 9 nitrogen and oxygen atoms in total. The first kappa shape index (κ1) is 17.4. The third-order valence-corrected chi connectivity index (χ3v) is 5.07. The third-order valence-electron chi connectivity index (χ3n) is 5.07. The molecule has 9 heteroatoms. The number of amides is 1. The van der Waals surface area contributed by atoms with Gasteiger partial charge < -0.3 is 15.0 Å². The van der Waals surface area contributed by atoms with E-state index in [0.29, 0.717) is 18.0 Å². The lowest BCUT2D eigenvalue weighted by Crippen LogP contribution is -2.44. The van der Waals surface area contributed by atoms with Crippen LogP contribution in [0.3, 0.4) is 0 Å². The van der Waals surface area contributed by atoms with E-state index in [1.807, 2.05) is 18.2 Å². The standard InChI is InChI=1S/C20H18N6O3/c27-19-6-5-18(25-10-2-8-22-25)24-26(19)17-12-29-11-16(17)23-20(28)14-3-1-4-15-13(14)7-9-21-15/h1-10,16-17,21H,11-12H2,(H,23,28). The number of carbonyl (C=O) groups excluding carboxylic acids is 1. The quantitative estimate of drug-likeness (QED) is 0.546. The highest BCUT2D eigenvalue weighted by Crippen LogP contribution is 2.21. The number of nitrogens with one attached hydrogen (secondary N) is 2. The largest absolute Gasteiger partial charge is 0.377 e. The topological polar surface area (TPSA) is 107 Å². The van der Waals surface area contributed by atoms with Gasteiger partial charge in [0.15, 0.2) is 5.82 Å². The van der Waals surface area contributed by atoms with E-state index >= 15 is 0 Å². The first-order chi connectivity index (χ1) is 14.2. The van der Waals surface area contributed by atoms with Gasteiger partial charge in [-0.15, -0.1) is 5.10 Å². The Bertz CT molecular complexity index is 1230. The van der Waals surface area contributed by atoms with Crippen molar-refractivity contribution in [2.24, 2.45) is 0 Å². The zero-order valence-corrected chi connectivity index (χ0v) is 15.4. The van der Waals surface area contributed by atoms with E-state index in [1.165, 1.54) is 10.7 Å². The summed E-state index contributed by atoms with van der Waals surface area (Å²) in [5.74, 6) is 0.302. The van der Waals surface area contributed by atoms with Gasteiger partial charge in [0.1, 0.15) is 6.04 Å². The first-order valence-corrected chi connectivity index (χ1v) is 9.25. The molecule has 0 aliphatic carbocycles. The maximum atomic E-state index is 12.9. The predicted molar refractivity (Wildman–Crippen MR) is 105 cm³/mol. The van der Waals surface area contributed by atoms with Gasteiger partial charge in [-0.3, -0.25) is 9.59 Å². The molecule has 0 radical (unpaired) electrons. The smallest absolute Gasteiger partial charge is 0.267 e. The van der Waals surface area contributed by atoms with Gasteiger partial charge in [0.25, 0.3) is 11.5 Å². The minimum absolute atomic E-state index is 0.216. The average Bonchev–Trinajstić information content (AvgIpc) is 3.49. The maximum absolute atomic E-state index is 12.9. The van der Waals surface area contributed by atoms with E-state index in [0.717, 1.165) is 10.9 Å². The summed E-state index contributed by atoms with van der Waals surface area (Å²) in [6.07, 6.45) is 5.19. The normalized spacial score (nSPS) is 18.9. The van der Waals surface area contributed by atoms with Crippen molar-refractivity contribution in [3.8, 4) is 5.82 Å². The molecule has 1 aliphatic rings. The highest BCUT2D eigenvalue weighted by atomic mass is 16.5. The minimum Gasteiger partial charge on any atom is -0.377 e. The lowest BCUT2D eigenvalue weighted by molar-refractivity contribution is 0.0926. The van der Waals surface area contributed by atoms with E-state index < -0.39 is 6.04 Å². The van der Waals surface area contributed by atoms with Crippen LogP contribution in [0.5, 0.6) is 0 Å². The van der Waals surface area contributed by atoms with Crippen molar-refractivity contribution < 1.29 is 9.53 Å². The minimum atomic E-state index is -0.410. The van der Waals surface area contributed by atoms with Crippen LogP contribution in [0.4, 0.5) is 0 Å². The fourth-order valence-electron chi connectivity index (χ4n) is 3.63. The van der Waals surface area contributed by atoms with Crippen molar-refractivity contribution in [2.75, 3.05) is 13.2 Å². The molecule has 146 valence electrons. The van der Waals surface area contributed by atoms with Crippen LogP contribution in [0.2, 0.25) is 0 Å². The van der Waals surface area contributed by atoms with Gasteiger partial charge in [-0.2, -0.15) is 5.10 Å². The molecule has 1 amide bonds. The number of hydrogen-bond donors (Lipinski definition) is 2. The molecule has 1 aliphatic heterocycles. The molecule has 0 saturated carbocycles. The monoisotopic (exact) mass is 390 g/mol. The highest BCUT2D eigenvalue weighted by Gasteiger charge is 2.33. The molecule has 29 heavy (non-hydrogen) atoms. The predicted octanol–water partition coefficient (Wildman–Crippen LogP) is 1.28. The summed E-state index contributed by atoms with van der Waals surface area (Å²) >= 11 is 0. The van der Waals surface area contributed by atoms with Crippen LogP contribution in [0.15, 0.2) is 65.8 Å². The summed E-state index contributed by atoms with van der Waals surface area (Å²) in [4.78, 5) is 28.5. The Kier molecular flexibility index (Phi) is 4.21. The molecular weight excluding hydrogens is 372 g/mol. The maximum Gasteiger partial charge on any atom is 0.267 e. The summed E-state index contributed by atoms with van der Waals surface area (Å²) in [6, 6.07) is 11.4. The lowest BCUT2D eigenvalue weighted by Gasteiger charge is -2.21. The van der Waals surface area contributed by atoms with Gasteiger partial charge >= 0.3 is 0 Å². The highest BCUT2D eigenvalue weighted by molar-refractivity contribution is 6.06. The number of H-pyrrole nitrogens is 1. The fraction of sp³-hybridized carbons (Fsp3) is 0.200. The van der Waals surface area contributed by atoms with Crippen LogP contribution in [0.1, 0.15) is 16.4 Å². The molecule has 5 rings (SSSR count). The Morgan fingerprint density at radius 3 is 2.97 bits per heavy atom. The number of carbonyl (C=O) groups is 1. The molecule has 2 N–H and O–H groups in total. The number of hydrogen-bond acceptors (Lipinski definition) is 5. The molecule has 3 aromatic heterocycles. The van der Waals surface area contributed by atoms with Crippen molar-refractivity contribution in [1.82, 2.24) is 29.9 Å². The summed E-state index contributed by atoms with van der Waals surface area (Å²) in [6.45, 7) is 0.592. The Morgan fingerprint density at radius 1 is 1.17 bits per heavy atom. The van der Waals surface area contributed by atoms with E-state index in [2.05, 4.69) is 20.5 Å². The molecule has 2 atom stereocenters. The van der Waals surface area contributed by atoms with Crippen LogP contribution in [-0.4, -0.2) is 49.7 Å². The second-order valence-electron chi connectivity index (χ2n) is 6.85. The third kappa shape index (κ3) is 3.11. The molecule has 0 spiro atoms. The number of ether oxygens (including phenoxy) is 1. The molecule has 2 unspecified atom stereocenters. The van der Waals surface area contributed by atoms with Crippen molar-refractivity contribution in [2.45, 2.75) is 12.1 Å². The zero-order chi connectivity index (χ0) is 19.8. The van der Waals surface area contributed by atoms with Crippen LogP contribution in [0.25, 0.3) is 16.7 Å². The second kappa shape index (κ2) is 7.02. The SMILES string of the molecule is O=C(NC1COCC1n1nc(-n2cccn2)ccc1=O)c1cccc2[nH]ccc12. The van der Waals surface area contributed by atoms with Crippen molar-refractivity contribution in [1.29, 1.82) is 0 Å². The van der Waals surface area contributed by atoms with Crippen LogP contribution in [-0.2, 0) is 4.74 Å². The van der Waals surface area contributed by atoms with Gasteiger partial charge in [-0.1, -0.05) is 6.07 Å². The van der Waals surface area contributed by atoms with Crippen LogP contribution < -0.4 is 10.9 Å². The second-order valence-corrected chi connectivity index (χ2v) is 6.85. The number of aromatic amines is 1. The Balaban J connectivity index is 1.44. The first-order valence-electron chi connectivity index (χ1n) is 9.25. The van der Waals surface area contributed by atoms with E-state index in [4.69, 9.17) is 4.74 Å². The van der Waals surface area contributed by atoms with Gasteiger partial charge in [-0.25, -0.2) is 9.36 Å². The van der Waals surface area contributed by atoms with Crippen molar-refractivity contribution in [3.63, 3.8) is 0 Å². The van der Waals surface area contributed by atoms with Gasteiger partial charge in [0, 0.05) is 41.1 Å². The zero-order valence-electron chi connectivity index (χ0n) is 15.4. The summed E-state index contributed by atoms with van der Waals surface area (Å²) in [5, 5.41) is 12.4. The van der Waals surface area contributed by atoms with E-state index in [9.17, 15) is 9.59 Å². The number of aromatic nitrogens is 5. The van der Waals surface area contributed by atoms with Crippen molar-refractivity contribution in [3.05, 3.63) is 77.0 Å². The number of rotatable bonds is 4. The summed E-state index contributed by atoms with van der Waals surface area (Å²) in [5.41, 5.74) is 1.20. The Morgan fingerprint density at radius 2 is 2.10 bits per heavy atom. The number of nitrogens with zero attached hydrogens (tertiary/aromatic N) is 4. The molecule has 1 fully saturated rings. The van der Waals surface area contributed by atoms with E-state index in [1.54, 1.807) is 41.5 Å². The molecule has 4 heterocycles. The Hall–Kier alpha value is -3.72. The Labute approximate surface area is 164 Å². The lowest BCUT2D eigenvalue weighted by atomic mass is 10.1. The average molecular weight is 390 g/mol. The molecule has 4 aromatic rings. The van der Waals surface area contributed by atoms with Crippen LogP contribution in [0, 0.1) is 0 Å². The van der Waals surface area contributed by atoms with Crippen LogP contribution >= 0.6 is 0 Å². The van der Waals surface area contributed by atoms with Crippen molar-refractivity contribution >= 4 is 16.8 Å².